The van der Waals surface area contributed by atoms with Crippen LogP contribution in [0.3, 0.4) is 0 Å². The van der Waals surface area contributed by atoms with Crippen LogP contribution < -0.4 is 10.6 Å². The van der Waals surface area contributed by atoms with Gasteiger partial charge in [0, 0.05) is 37.1 Å². The highest BCUT2D eigenvalue weighted by atomic mass is 16.6. The van der Waals surface area contributed by atoms with Gasteiger partial charge in [-0.1, -0.05) is 25.1 Å². The van der Waals surface area contributed by atoms with Crippen molar-refractivity contribution in [1.82, 2.24) is 15.0 Å². The van der Waals surface area contributed by atoms with Crippen LogP contribution in [-0.4, -0.2) is 33.0 Å². The van der Waals surface area contributed by atoms with Gasteiger partial charge in [-0.3, -0.25) is 15.1 Å². The smallest absolute Gasteiger partial charge is 0.292 e. The van der Waals surface area contributed by atoms with Crippen molar-refractivity contribution >= 4 is 17.2 Å². The van der Waals surface area contributed by atoms with Crippen LogP contribution in [0.15, 0.2) is 54.7 Å². The number of pyridine rings is 1. The summed E-state index contributed by atoms with van der Waals surface area (Å²) in [6.07, 6.45) is 2.49. The number of nitrogens with zero attached hydrogens (tertiary/aromatic N) is 4. The Bertz CT molecular complexity index is 917. The van der Waals surface area contributed by atoms with E-state index in [0.29, 0.717) is 36.1 Å². The second-order valence-corrected chi connectivity index (χ2v) is 5.76. The molecule has 0 unspecified atom stereocenters. The first kappa shape index (κ1) is 18.2. The van der Waals surface area contributed by atoms with Crippen molar-refractivity contribution in [3.05, 3.63) is 70.5 Å². The fourth-order valence-corrected chi connectivity index (χ4v) is 2.55. The third-order valence-electron chi connectivity index (χ3n) is 3.88. The van der Waals surface area contributed by atoms with Crippen LogP contribution in [-0.2, 0) is 6.42 Å². The zero-order valence-corrected chi connectivity index (χ0v) is 14.9. The van der Waals surface area contributed by atoms with Crippen molar-refractivity contribution in [2.24, 2.45) is 0 Å². The van der Waals surface area contributed by atoms with Crippen LogP contribution in [0.4, 0.5) is 17.2 Å². The van der Waals surface area contributed by atoms with Crippen molar-refractivity contribution in [3.8, 4) is 11.5 Å². The third-order valence-corrected chi connectivity index (χ3v) is 3.88. The molecule has 0 aliphatic heterocycles. The minimum atomic E-state index is -0.396. The zero-order chi connectivity index (χ0) is 19.1. The number of aromatic nitrogens is 3. The quantitative estimate of drug-likeness (QED) is 0.358. The molecule has 0 atom stereocenters. The minimum Gasteiger partial charge on any atom is -0.378 e. The number of nitro groups is 1. The average Bonchev–Trinajstić information content (AvgIpc) is 2.71. The SMILES string of the molecule is CCc1cc(NCCNc2ccccc2[N+](=O)[O-])nc(-c2ccccn2)n1. The van der Waals surface area contributed by atoms with E-state index >= 15 is 0 Å². The Morgan fingerprint density at radius 2 is 1.81 bits per heavy atom. The van der Waals surface area contributed by atoms with E-state index in [1.165, 1.54) is 6.07 Å². The Labute approximate surface area is 156 Å². The summed E-state index contributed by atoms with van der Waals surface area (Å²) in [6.45, 7) is 3.09. The van der Waals surface area contributed by atoms with E-state index in [0.717, 1.165) is 12.1 Å². The molecule has 2 heterocycles. The van der Waals surface area contributed by atoms with E-state index in [1.54, 1.807) is 24.4 Å². The van der Waals surface area contributed by atoms with Crippen LogP contribution in [0.1, 0.15) is 12.6 Å². The van der Waals surface area contributed by atoms with E-state index in [2.05, 4.69) is 25.6 Å². The number of para-hydroxylation sites is 2. The fraction of sp³-hybridized carbons (Fsp3) is 0.211. The van der Waals surface area contributed by atoms with Crippen molar-refractivity contribution in [3.63, 3.8) is 0 Å². The number of benzene rings is 1. The number of nitro benzene ring substituents is 1. The number of aryl methyl sites for hydroxylation is 1. The van der Waals surface area contributed by atoms with E-state index in [-0.39, 0.29) is 5.69 Å². The monoisotopic (exact) mass is 364 g/mol. The molecule has 138 valence electrons. The van der Waals surface area contributed by atoms with Gasteiger partial charge in [-0.25, -0.2) is 9.97 Å². The van der Waals surface area contributed by atoms with Gasteiger partial charge in [0.2, 0.25) is 0 Å². The highest BCUT2D eigenvalue weighted by molar-refractivity contribution is 5.61. The van der Waals surface area contributed by atoms with Crippen LogP contribution in [0.2, 0.25) is 0 Å². The van der Waals surface area contributed by atoms with Crippen LogP contribution >= 0.6 is 0 Å². The lowest BCUT2D eigenvalue weighted by Gasteiger charge is -2.10. The molecule has 0 spiro atoms. The lowest BCUT2D eigenvalue weighted by Crippen LogP contribution is -2.15. The molecule has 0 aliphatic rings. The molecule has 3 rings (SSSR count). The lowest BCUT2D eigenvalue weighted by atomic mass is 10.2. The fourth-order valence-electron chi connectivity index (χ4n) is 2.55. The molecule has 8 nitrogen and oxygen atoms in total. The Morgan fingerprint density at radius 1 is 1.04 bits per heavy atom. The van der Waals surface area contributed by atoms with Gasteiger partial charge in [-0.15, -0.1) is 0 Å². The molecule has 0 bridgehead atoms. The Balaban J connectivity index is 1.65. The first-order chi connectivity index (χ1) is 13.2. The summed E-state index contributed by atoms with van der Waals surface area (Å²) < 4.78 is 0. The van der Waals surface area contributed by atoms with Gasteiger partial charge in [0.25, 0.3) is 5.69 Å². The van der Waals surface area contributed by atoms with Crippen molar-refractivity contribution in [1.29, 1.82) is 0 Å². The highest BCUT2D eigenvalue weighted by Crippen LogP contribution is 2.22. The van der Waals surface area contributed by atoms with Crippen molar-refractivity contribution < 1.29 is 4.92 Å². The van der Waals surface area contributed by atoms with E-state index in [9.17, 15) is 10.1 Å². The predicted octanol–water partition coefficient (Wildman–Crippen LogP) is 3.53. The van der Waals surface area contributed by atoms with E-state index < -0.39 is 4.92 Å². The van der Waals surface area contributed by atoms with Gasteiger partial charge in [-0.2, -0.15) is 0 Å². The number of hydrogen-bond donors (Lipinski definition) is 2. The van der Waals surface area contributed by atoms with Gasteiger partial charge < -0.3 is 10.6 Å². The number of hydrogen-bond acceptors (Lipinski definition) is 7. The molecule has 2 N–H and O–H groups in total. The normalized spacial score (nSPS) is 10.4. The molecule has 27 heavy (non-hydrogen) atoms. The molecular weight excluding hydrogens is 344 g/mol. The van der Waals surface area contributed by atoms with Gasteiger partial charge >= 0.3 is 0 Å². The highest BCUT2D eigenvalue weighted by Gasteiger charge is 2.11. The third kappa shape index (κ3) is 4.75. The molecule has 3 aromatic rings. The maximum absolute atomic E-state index is 11.0. The van der Waals surface area contributed by atoms with Crippen LogP contribution in [0.25, 0.3) is 11.5 Å². The van der Waals surface area contributed by atoms with Gasteiger partial charge in [-0.05, 0) is 24.6 Å². The average molecular weight is 364 g/mol. The second kappa shape index (κ2) is 8.70. The first-order valence-electron chi connectivity index (χ1n) is 8.68. The van der Waals surface area contributed by atoms with Gasteiger partial charge in [0.05, 0.1) is 4.92 Å². The molecule has 1 aromatic carbocycles. The lowest BCUT2D eigenvalue weighted by molar-refractivity contribution is -0.384. The summed E-state index contributed by atoms with van der Waals surface area (Å²) >= 11 is 0. The molecule has 0 fully saturated rings. The molecule has 2 aromatic heterocycles. The molecule has 0 radical (unpaired) electrons. The summed E-state index contributed by atoms with van der Waals surface area (Å²) in [5.74, 6) is 1.27. The Kier molecular flexibility index (Phi) is 5.88. The number of anilines is 2. The summed E-state index contributed by atoms with van der Waals surface area (Å²) in [7, 11) is 0. The zero-order valence-electron chi connectivity index (χ0n) is 14.9. The van der Waals surface area contributed by atoms with Crippen LogP contribution in [0.5, 0.6) is 0 Å². The van der Waals surface area contributed by atoms with Crippen LogP contribution in [0, 0.1) is 10.1 Å². The number of nitrogens with one attached hydrogen (secondary N) is 2. The minimum absolute atomic E-state index is 0.0604. The maximum Gasteiger partial charge on any atom is 0.292 e. The molecular formula is C19H20N6O2. The van der Waals surface area contributed by atoms with E-state index in [1.807, 2.05) is 31.2 Å². The standard InChI is InChI=1S/C19H20N6O2/c1-2-14-13-18(24-19(23-14)16-8-5-6-10-20-16)22-12-11-21-15-7-3-4-9-17(15)25(26)27/h3-10,13,21H,2,11-12H2,1H3,(H,22,23,24). The van der Waals surface area contributed by atoms with Crippen molar-refractivity contribution in [2.75, 3.05) is 23.7 Å². The summed E-state index contributed by atoms with van der Waals surface area (Å²) in [5, 5.41) is 17.4. The van der Waals surface area contributed by atoms with Crippen molar-refractivity contribution in [2.45, 2.75) is 13.3 Å². The molecule has 0 saturated carbocycles. The summed E-state index contributed by atoms with van der Waals surface area (Å²) in [5.41, 5.74) is 2.19. The summed E-state index contributed by atoms with van der Waals surface area (Å²) in [4.78, 5) is 24.0. The largest absolute Gasteiger partial charge is 0.378 e. The molecule has 0 saturated heterocycles. The maximum atomic E-state index is 11.0. The second-order valence-electron chi connectivity index (χ2n) is 5.76. The molecule has 0 amide bonds. The molecule has 8 heteroatoms. The van der Waals surface area contributed by atoms with E-state index in [4.69, 9.17) is 0 Å². The van der Waals surface area contributed by atoms with Gasteiger partial charge in [0.1, 0.15) is 17.2 Å². The Hall–Kier alpha value is -3.55. The number of rotatable bonds is 8. The Morgan fingerprint density at radius 3 is 2.56 bits per heavy atom. The summed E-state index contributed by atoms with van der Waals surface area (Å²) in [6, 6.07) is 14.1. The topological polar surface area (TPSA) is 106 Å². The predicted molar refractivity (Wildman–Crippen MR) is 105 cm³/mol. The molecule has 0 aliphatic carbocycles. The first-order valence-corrected chi connectivity index (χ1v) is 8.68. The van der Waals surface area contributed by atoms with Gasteiger partial charge in [0.15, 0.2) is 5.82 Å².